The Morgan fingerprint density at radius 2 is 0.667 bits per heavy atom. The van der Waals surface area contributed by atoms with Gasteiger partial charge in [0, 0.05) is 32.3 Å². The molecule has 8 rings (SSSR count). The topological polar surface area (TPSA) is 26.3 Å². The number of hydrogen-bond acceptors (Lipinski definition) is 2. The van der Waals surface area contributed by atoms with Crippen molar-refractivity contribution in [2.45, 2.75) is 0 Å². The highest BCUT2D eigenvalue weighted by molar-refractivity contribution is 6.22. The summed E-state index contributed by atoms with van der Waals surface area (Å²) in [4.78, 5) is 0. The smallest absolute Gasteiger partial charge is 0.143 e. The van der Waals surface area contributed by atoms with Crippen LogP contribution in [0, 0.1) is 0 Å². The fraction of sp³-hybridized carbons (Fsp3) is 0. The highest BCUT2D eigenvalue weighted by Gasteiger charge is 2.16. The summed E-state index contributed by atoms with van der Waals surface area (Å²) in [6.45, 7) is 0. The second-order valence-corrected chi connectivity index (χ2v) is 9.34. The van der Waals surface area contributed by atoms with Crippen molar-refractivity contribution in [1.29, 1.82) is 0 Å². The van der Waals surface area contributed by atoms with Gasteiger partial charge in [0.1, 0.15) is 22.3 Å². The summed E-state index contributed by atoms with van der Waals surface area (Å²) < 4.78 is 13.0. The van der Waals surface area contributed by atoms with Crippen LogP contribution in [0.2, 0.25) is 0 Å². The molecule has 0 amide bonds. The molecular weight excluding hydrogens is 440 g/mol. The van der Waals surface area contributed by atoms with Gasteiger partial charge in [0.25, 0.3) is 0 Å². The lowest BCUT2D eigenvalue weighted by molar-refractivity contribution is 0.669. The van der Waals surface area contributed by atoms with Gasteiger partial charge in [-0.25, -0.2) is 0 Å². The number of fused-ring (bicyclic) bond motifs is 9. The molecule has 0 atom stereocenters. The molecule has 0 spiro atoms. The SMILES string of the molecule is c1ccc(-c2ccc3c(c2)oc2c3ccc3c2ccc2c4ccc(-c5ccccc5)cc4oc23)cc1. The van der Waals surface area contributed by atoms with Gasteiger partial charge in [-0.3, -0.25) is 0 Å². The molecular formula is C34H20O2. The first-order chi connectivity index (χ1) is 17.8. The molecule has 6 aromatic carbocycles. The molecule has 0 aliphatic rings. The van der Waals surface area contributed by atoms with Crippen LogP contribution in [0.5, 0.6) is 0 Å². The Labute approximate surface area is 207 Å². The Hall–Kier alpha value is -4.82. The maximum absolute atomic E-state index is 6.49. The van der Waals surface area contributed by atoms with Crippen molar-refractivity contribution in [1.82, 2.24) is 0 Å². The average Bonchev–Trinajstić information content (AvgIpc) is 3.51. The molecule has 0 aliphatic heterocycles. The molecule has 0 radical (unpaired) electrons. The van der Waals surface area contributed by atoms with Gasteiger partial charge >= 0.3 is 0 Å². The van der Waals surface area contributed by atoms with Crippen LogP contribution < -0.4 is 0 Å². The minimum Gasteiger partial charge on any atom is -0.455 e. The molecule has 0 bridgehead atoms. The normalized spacial score (nSPS) is 11.9. The van der Waals surface area contributed by atoms with Crippen molar-refractivity contribution >= 4 is 54.6 Å². The second-order valence-electron chi connectivity index (χ2n) is 9.34. The highest BCUT2D eigenvalue weighted by atomic mass is 16.3. The van der Waals surface area contributed by atoms with Gasteiger partial charge in [0.15, 0.2) is 0 Å². The van der Waals surface area contributed by atoms with Gasteiger partial charge in [0.2, 0.25) is 0 Å². The zero-order valence-corrected chi connectivity index (χ0v) is 19.4. The van der Waals surface area contributed by atoms with Gasteiger partial charge in [0.05, 0.1) is 0 Å². The summed E-state index contributed by atoms with van der Waals surface area (Å²) >= 11 is 0. The third kappa shape index (κ3) is 2.79. The minimum absolute atomic E-state index is 0.899. The predicted molar refractivity (Wildman–Crippen MR) is 149 cm³/mol. The van der Waals surface area contributed by atoms with Crippen LogP contribution in [-0.4, -0.2) is 0 Å². The van der Waals surface area contributed by atoms with Gasteiger partial charge in [-0.1, -0.05) is 72.8 Å². The van der Waals surface area contributed by atoms with E-state index in [1.54, 1.807) is 0 Å². The molecule has 0 saturated heterocycles. The van der Waals surface area contributed by atoms with E-state index >= 15 is 0 Å². The Morgan fingerprint density at radius 3 is 1.08 bits per heavy atom. The van der Waals surface area contributed by atoms with Crippen LogP contribution in [0.15, 0.2) is 130 Å². The molecule has 0 unspecified atom stereocenters. The van der Waals surface area contributed by atoms with Crippen molar-refractivity contribution in [2.24, 2.45) is 0 Å². The Bertz CT molecular complexity index is 1920. The zero-order valence-electron chi connectivity index (χ0n) is 19.4. The van der Waals surface area contributed by atoms with E-state index in [0.717, 1.165) is 65.8 Å². The first kappa shape index (κ1) is 19.5. The highest BCUT2D eigenvalue weighted by Crippen LogP contribution is 2.41. The molecule has 8 aromatic rings. The second kappa shape index (κ2) is 7.34. The summed E-state index contributed by atoms with van der Waals surface area (Å²) in [5, 5.41) is 6.64. The summed E-state index contributed by atoms with van der Waals surface area (Å²) in [5.74, 6) is 0. The van der Waals surface area contributed by atoms with Crippen molar-refractivity contribution in [2.75, 3.05) is 0 Å². The van der Waals surface area contributed by atoms with E-state index in [2.05, 4.69) is 109 Å². The molecule has 2 heteroatoms. The standard InChI is InChI=1S/C34H20O2/c1-3-7-21(8-4-1)23-11-13-25-27-15-17-30-29(33(27)35-31(25)19-23)18-16-28-26-14-12-24(20-32(26)36-34(28)30)22-9-5-2-6-10-22/h1-20H. The molecule has 2 nitrogen and oxygen atoms in total. The average molecular weight is 461 g/mol. The molecule has 2 aromatic heterocycles. The zero-order chi connectivity index (χ0) is 23.6. The molecule has 0 aliphatic carbocycles. The molecule has 0 fully saturated rings. The van der Waals surface area contributed by atoms with E-state index in [-0.39, 0.29) is 0 Å². The first-order valence-corrected chi connectivity index (χ1v) is 12.2. The van der Waals surface area contributed by atoms with Crippen molar-refractivity contribution in [3.05, 3.63) is 121 Å². The van der Waals surface area contributed by atoms with Crippen molar-refractivity contribution in [3.63, 3.8) is 0 Å². The number of benzene rings is 6. The summed E-state index contributed by atoms with van der Waals surface area (Å²) in [6.07, 6.45) is 0. The summed E-state index contributed by atoms with van der Waals surface area (Å²) in [5.41, 5.74) is 8.28. The van der Waals surface area contributed by atoms with Crippen LogP contribution in [-0.2, 0) is 0 Å². The lowest BCUT2D eigenvalue weighted by Crippen LogP contribution is -1.77. The number of furan rings is 2. The lowest BCUT2D eigenvalue weighted by Gasteiger charge is -2.00. The molecule has 0 N–H and O–H groups in total. The van der Waals surface area contributed by atoms with E-state index in [4.69, 9.17) is 8.83 Å². The maximum atomic E-state index is 6.49. The summed E-state index contributed by atoms with van der Waals surface area (Å²) in [7, 11) is 0. The molecule has 0 saturated carbocycles. The van der Waals surface area contributed by atoms with E-state index in [0.29, 0.717) is 0 Å². The van der Waals surface area contributed by atoms with Crippen LogP contribution in [0.4, 0.5) is 0 Å². The Kier molecular flexibility index (Phi) is 3.97. The van der Waals surface area contributed by atoms with Gasteiger partial charge in [-0.2, -0.15) is 0 Å². The number of rotatable bonds is 2. The molecule has 2 heterocycles. The fourth-order valence-electron chi connectivity index (χ4n) is 5.49. The maximum Gasteiger partial charge on any atom is 0.143 e. The van der Waals surface area contributed by atoms with E-state index in [1.165, 1.54) is 11.1 Å². The van der Waals surface area contributed by atoms with Crippen molar-refractivity contribution in [3.8, 4) is 22.3 Å². The van der Waals surface area contributed by atoms with Gasteiger partial charge in [-0.05, 0) is 70.8 Å². The molecule has 36 heavy (non-hydrogen) atoms. The predicted octanol–water partition coefficient (Wildman–Crippen LogP) is 9.97. The van der Waals surface area contributed by atoms with Crippen LogP contribution in [0.1, 0.15) is 0 Å². The molecule has 168 valence electrons. The quantitative estimate of drug-likeness (QED) is 0.256. The Morgan fingerprint density at radius 1 is 0.306 bits per heavy atom. The van der Waals surface area contributed by atoms with E-state index < -0.39 is 0 Å². The minimum atomic E-state index is 0.899. The van der Waals surface area contributed by atoms with Gasteiger partial charge in [-0.15, -0.1) is 0 Å². The van der Waals surface area contributed by atoms with Crippen LogP contribution in [0.25, 0.3) is 76.9 Å². The van der Waals surface area contributed by atoms with Crippen molar-refractivity contribution < 1.29 is 8.83 Å². The largest absolute Gasteiger partial charge is 0.455 e. The summed E-state index contributed by atoms with van der Waals surface area (Å²) in [6, 6.07) is 42.4. The Balaban J connectivity index is 1.35. The fourth-order valence-corrected chi connectivity index (χ4v) is 5.49. The lowest BCUT2D eigenvalue weighted by atomic mass is 10.0. The monoisotopic (exact) mass is 460 g/mol. The van der Waals surface area contributed by atoms with Crippen LogP contribution >= 0.6 is 0 Å². The first-order valence-electron chi connectivity index (χ1n) is 12.2. The van der Waals surface area contributed by atoms with Crippen LogP contribution in [0.3, 0.4) is 0 Å². The third-order valence-electron chi connectivity index (χ3n) is 7.28. The number of hydrogen-bond donors (Lipinski definition) is 0. The third-order valence-corrected chi connectivity index (χ3v) is 7.28. The van der Waals surface area contributed by atoms with Gasteiger partial charge < -0.3 is 8.83 Å². The van der Waals surface area contributed by atoms with E-state index in [9.17, 15) is 0 Å². The van der Waals surface area contributed by atoms with E-state index in [1.807, 2.05) is 12.1 Å².